The van der Waals surface area contributed by atoms with Gasteiger partial charge >= 0.3 is 0 Å². The second-order valence-electron chi connectivity index (χ2n) is 5.32. The van der Waals surface area contributed by atoms with Crippen LogP contribution in [0.25, 0.3) is 0 Å². The van der Waals surface area contributed by atoms with Gasteiger partial charge in [0.15, 0.2) is 6.61 Å². The summed E-state index contributed by atoms with van der Waals surface area (Å²) in [6.07, 6.45) is 1.05. The Hall–Kier alpha value is -1.88. The third-order valence-electron chi connectivity index (χ3n) is 3.64. The average molecular weight is 380 g/mol. The molecular weight excluding hydrogens is 361 g/mol. The lowest BCUT2D eigenvalue weighted by atomic mass is 9.99. The van der Waals surface area contributed by atoms with E-state index in [4.69, 9.17) is 4.74 Å². The number of benzene rings is 2. The third-order valence-corrected chi connectivity index (χ3v) is 4.26. The summed E-state index contributed by atoms with van der Waals surface area (Å²) >= 11 is 3.46. The fourth-order valence-electron chi connectivity index (χ4n) is 2.07. The van der Waals surface area contributed by atoms with Gasteiger partial charge in [-0.1, -0.05) is 32.0 Å². The Balaban J connectivity index is 1.95. The molecule has 2 aromatic carbocycles. The maximum Gasteiger partial charge on any atom is 0.262 e. The van der Waals surface area contributed by atoms with Crippen molar-refractivity contribution in [3.05, 3.63) is 58.3 Å². The predicted octanol–water partition coefficient (Wildman–Crippen LogP) is 5.12. The number of carbonyl (C=O) groups excluding carboxylic acids is 1. The van der Waals surface area contributed by atoms with Gasteiger partial charge in [-0.15, -0.1) is 0 Å². The van der Waals surface area contributed by atoms with Gasteiger partial charge in [0, 0.05) is 0 Å². The van der Waals surface area contributed by atoms with E-state index in [0.29, 0.717) is 11.7 Å². The van der Waals surface area contributed by atoms with Crippen molar-refractivity contribution in [2.45, 2.75) is 26.2 Å². The van der Waals surface area contributed by atoms with Crippen molar-refractivity contribution in [2.75, 3.05) is 11.9 Å². The van der Waals surface area contributed by atoms with Crippen LogP contribution in [0.1, 0.15) is 31.7 Å². The van der Waals surface area contributed by atoms with Gasteiger partial charge < -0.3 is 10.1 Å². The van der Waals surface area contributed by atoms with E-state index < -0.39 is 11.7 Å². The summed E-state index contributed by atoms with van der Waals surface area (Å²) in [5.41, 5.74) is 1.36. The number of ether oxygens (including phenoxy) is 1. The highest BCUT2D eigenvalue weighted by atomic mass is 79.9. The van der Waals surface area contributed by atoms with Gasteiger partial charge in [-0.05, 0) is 58.1 Å². The normalized spacial score (nSPS) is 11.8. The molecule has 0 aliphatic carbocycles. The lowest BCUT2D eigenvalue weighted by molar-refractivity contribution is -0.118. The standard InChI is InChI=1S/C18H19BrFNO2/c1-3-12(2)13-8-9-17(14(19)10-13)23-11-18(22)21-16-7-5-4-6-15(16)20/h4-10,12H,3,11H2,1-2H3,(H,21,22). The molecule has 0 aliphatic heterocycles. The van der Waals surface area contributed by atoms with E-state index in [-0.39, 0.29) is 12.3 Å². The minimum absolute atomic E-state index is 0.146. The predicted molar refractivity (Wildman–Crippen MR) is 93.4 cm³/mol. The summed E-state index contributed by atoms with van der Waals surface area (Å²) in [5.74, 6) is 0.165. The number of anilines is 1. The van der Waals surface area contributed by atoms with E-state index in [0.717, 1.165) is 10.9 Å². The summed E-state index contributed by atoms with van der Waals surface area (Å²) < 4.78 is 19.8. The van der Waals surface area contributed by atoms with E-state index >= 15 is 0 Å². The smallest absolute Gasteiger partial charge is 0.262 e. The Kier molecular flexibility index (Phi) is 6.16. The molecule has 2 rings (SSSR count). The lowest BCUT2D eigenvalue weighted by Gasteiger charge is -2.13. The Morgan fingerprint density at radius 2 is 2.04 bits per heavy atom. The highest BCUT2D eigenvalue weighted by Crippen LogP contribution is 2.30. The molecule has 0 fully saturated rings. The third kappa shape index (κ3) is 4.79. The molecule has 23 heavy (non-hydrogen) atoms. The second-order valence-corrected chi connectivity index (χ2v) is 6.17. The molecule has 0 bridgehead atoms. The monoisotopic (exact) mass is 379 g/mol. The molecule has 122 valence electrons. The lowest BCUT2D eigenvalue weighted by Crippen LogP contribution is -2.20. The van der Waals surface area contributed by atoms with Crippen LogP contribution in [0.2, 0.25) is 0 Å². The highest BCUT2D eigenvalue weighted by Gasteiger charge is 2.10. The van der Waals surface area contributed by atoms with Crippen LogP contribution >= 0.6 is 15.9 Å². The Morgan fingerprint density at radius 1 is 1.30 bits per heavy atom. The van der Waals surface area contributed by atoms with Crippen LogP contribution in [0.3, 0.4) is 0 Å². The fourth-order valence-corrected chi connectivity index (χ4v) is 2.58. The van der Waals surface area contributed by atoms with Crippen LogP contribution in [-0.4, -0.2) is 12.5 Å². The highest BCUT2D eigenvalue weighted by molar-refractivity contribution is 9.10. The van der Waals surface area contributed by atoms with Crippen molar-refractivity contribution in [2.24, 2.45) is 0 Å². The first-order valence-corrected chi connectivity index (χ1v) is 8.27. The summed E-state index contributed by atoms with van der Waals surface area (Å²) in [6.45, 7) is 4.11. The largest absolute Gasteiger partial charge is 0.483 e. The van der Waals surface area contributed by atoms with Gasteiger partial charge in [0.2, 0.25) is 0 Å². The van der Waals surface area contributed by atoms with Crippen molar-refractivity contribution >= 4 is 27.5 Å². The van der Waals surface area contributed by atoms with Gasteiger partial charge in [0.25, 0.3) is 5.91 Å². The zero-order chi connectivity index (χ0) is 16.8. The van der Waals surface area contributed by atoms with Crippen molar-refractivity contribution in [1.29, 1.82) is 0 Å². The molecule has 0 radical (unpaired) electrons. The molecule has 3 nitrogen and oxygen atoms in total. The van der Waals surface area contributed by atoms with Crippen LogP contribution in [0.4, 0.5) is 10.1 Å². The van der Waals surface area contributed by atoms with Gasteiger partial charge in [-0.3, -0.25) is 4.79 Å². The molecule has 0 aliphatic rings. The fraction of sp³-hybridized carbons (Fsp3) is 0.278. The van der Waals surface area contributed by atoms with Crippen LogP contribution in [-0.2, 0) is 4.79 Å². The van der Waals surface area contributed by atoms with Crippen LogP contribution < -0.4 is 10.1 Å². The van der Waals surface area contributed by atoms with Crippen LogP contribution in [0.15, 0.2) is 46.9 Å². The first-order valence-electron chi connectivity index (χ1n) is 7.48. The Labute approximate surface area is 144 Å². The van der Waals surface area contributed by atoms with E-state index in [9.17, 15) is 9.18 Å². The van der Waals surface area contributed by atoms with Crippen molar-refractivity contribution in [3.8, 4) is 5.75 Å². The molecule has 1 atom stereocenters. The number of nitrogens with one attached hydrogen (secondary N) is 1. The molecule has 1 unspecified atom stereocenters. The van der Waals surface area contributed by atoms with Crippen LogP contribution in [0, 0.1) is 5.82 Å². The molecule has 5 heteroatoms. The number of halogens is 2. The maximum atomic E-state index is 13.5. The van der Waals surface area contributed by atoms with E-state index in [1.807, 2.05) is 18.2 Å². The van der Waals surface area contributed by atoms with Gasteiger partial charge in [-0.2, -0.15) is 0 Å². The number of hydrogen-bond donors (Lipinski definition) is 1. The number of amides is 1. The van der Waals surface area contributed by atoms with Gasteiger partial charge in [0.05, 0.1) is 10.2 Å². The van der Waals surface area contributed by atoms with Crippen molar-refractivity contribution < 1.29 is 13.9 Å². The van der Waals surface area contributed by atoms with E-state index in [2.05, 4.69) is 35.1 Å². The van der Waals surface area contributed by atoms with Crippen LogP contribution in [0.5, 0.6) is 5.75 Å². The number of hydrogen-bond acceptors (Lipinski definition) is 2. The molecule has 0 saturated carbocycles. The molecular formula is C18H19BrFNO2. The Bertz CT molecular complexity index is 690. The van der Waals surface area contributed by atoms with Gasteiger partial charge in [0.1, 0.15) is 11.6 Å². The summed E-state index contributed by atoms with van der Waals surface area (Å²) in [6, 6.07) is 11.8. The second kappa shape index (κ2) is 8.11. The number of carbonyl (C=O) groups is 1. The maximum absolute atomic E-state index is 13.5. The summed E-state index contributed by atoms with van der Waals surface area (Å²) in [7, 11) is 0. The first kappa shape index (κ1) is 17.5. The van der Waals surface area contributed by atoms with E-state index in [1.165, 1.54) is 17.7 Å². The summed E-state index contributed by atoms with van der Waals surface area (Å²) in [4.78, 5) is 11.9. The molecule has 0 aromatic heterocycles. The minimum atomic E-state index is -0.472. The molecule has 2 aromatic rings. The summed E-state index contributed by atoms with van der Waals surface area (Å²) in [5, 5.41) is 2.48. The van der Waals surface area contributed by atoms with Gasteiger partial charge in [-0.25, -0.2) is 4.39 Å². The number of para-hydroxylation sites is 1. The zero-order valence-corrected chi connectivity index (χ0v) is 14.7. The minimum Gasteiger partial charge on any atom is -0.483 e. The zero-order valence-electron chi connectivity index (χ0n) is 13.1. The van der Waals surface area contributed by atoms with Crippen molar-refractivity contribution in [3.63, 3.8) is 0 Å². The Morgan fingerprint density at radius 3 is 2.70 bits per heavy atom. The number of rotatable bonds is 6. The topological polar surface area (TPSA) is 38.3 Å². The molecule has 1 N–H and O–H groups in total. The first-order chi connectivity index (χ1) is 11.0. The molecule has 0 spiro atoms. The van der Waals surface area contributed by atoms with Crippen molar-refractivity contribution in [1.82, 2.24) is 0 Å². The molecule has 1 amide bonds. The molecule has 0 saturated heterocycles. The molecule has 0 heterocycles. The quantitative estimate of drug-likeness (QED) is 0.756. The average Bonchev–Trinajstić information content (AvgIpc) is 2.55. The van der Waals surface area contributed by atoms with E-state index in [1.54, 1.807) is 12.1 Å². The SMILES string of the molecule is CCC(C)c1ccc(OCC(=O)Nc2ccccc2F)c(Br)c1.